The Bertz CT molecular complexity index is 516. The van der Waals surface area contributed by atoms with Gasteiger partial charge in [0, 0.05) is 36.8 Å². The fraction of sp³-hybridized carbons (Fsp3) is 0.562. The first-order valence-electron chi connectivity index (χ1n) is 7.60. The zero-order chi connectivity index (χ0) is 16.1. The molecule has 0 aliphatic carbocycles. The van der Waals surface area contributed by atoms with Gasteiger partial charge >= 0.3 is 5.97 Å². The predicted octanol–water partition coefficient (Wildman–Crippen LogP) is 2.50. The van der Waals surface area contributed by atoms with Gasteiger partial charge in [0.15, 0.2) is 0 Å². The molecule has 122 valence electrons. The van der Waals surface area contributed by atoms with E-state index in [4.69, 9.17) is 16.3 Å². The zero-order valence-corrected chi connectivity index (χ0v) is 13.8. The molecule has 5 nitrogen and oxygen atoms in total. The van der Waals surface area contributed by atoms with Crippen LogP contribution in [-0.2, 0) is 4.79 Å². The van der Waals surface area contributed by atoms with Crippen LogP contribution in [0, 0.1) is 0 Å². The van der Waals surface area contributed by atoms with Gasteiger partial charge in [-0.25, -0.2) is 0 Å². The molecule has 0 bridgehead atoms. The number of halogens is 1. The summed E-state index contributed by atoms with van der Waals surface area (Å²) in [7, 11) is 1.53. The van der Waals surface area contributed by atoms with Crippen molar-refractivity contribution in [3.8, 4) is 5.75 Å². The molecule has 1 aliphatic rings. The molecule has 1 aromatic carbocycles. The molecule has 0 saturated carbocycles. The highest BCUT2D eigenvalue weighted by Gasteiger charge is 2.33. The Kier molecular flexibility index (Phi) is 6.06. The molecule has 1 heterocycles. The first-order valence-corrected chi connectivity index (χ1v) is 7.97. The van der Waals surface area contributed by atoms with Gasteiger partial charge in [-0.15, -0.1) is 0 Å². The van der Waals surface area contributed by atoms with Crippen LogP contribution < -0.4 is 4.74 Å². The normalized spacial score (nSPS) is 18.1. The minimum atomic E-state index is -0.893. The van der Waals surface area contributed by atoms with Crippen LogP contribution in [0.1, 0.15) is 24.9 Å². The number of carbonyl (C=O) groups is 1. The summed E-state index contributed by atoms with van der Waals surface area (Å²) in [5.74, 6) is -0.369. The van der Waals surface area contributed by atoms with Crippen LogP contribution >= 0.6 is 11.6 Å². The second-order valence-corrected chi connectivity index (χ2v) is 5.88. The number of hydrogen-bond acceptors (Lipinski definition) is 4. The molecule has 1 aliphatic heterocycles. The largest absolute Gasteiger partial charge is 0.496 e. The standard InChI is InChI=1S/C16H23ClN2O3/c1-3-7-18-8-10-19(11-9-18)15(16(20)21)14-12(17)5-4-6-13(14)22-2/h4-6,15H,3,7-11H2,1-2H3,(H,20,21). The number of nitrogens with zero attached hydrogens (tertiary/aromatic N) is 2. The Morgan fingerprint density at radius 2 is 2.05 bits per heavy atom. The van der Waals surface area contributed by atoms with E-state index >= 15 is 0 Å². The molecule has 0 amide bonds. The summed E-state index contributed by atoms with van der Waals surface area (Å²) in [4.78, 5) is 16.2. The van der Waals surface area contributed by atoms with Gasteiger partial charge in [0.2, 0.25) is 0 Å². The highest BCUT2D eigenvalue weighted by molar-refractivity contribution is 6.31. The van der Waals surface area contributed by atoms with Crippen molar-refractivity contribution in [1.29, 1.82) is 0 Å². The van der Waals surface area contributed by atoms with E-state index < -0.39 is 12.0 Å². The lowest BCUT2D eigenvalue weighted by Crippen LogP contribution is -2.49. The molecule has 0 aromatic heterocycles. The Hall–Kier alpha value is -1.30. The van der Waals surface area contributed by atoms with Crippen LogP contribution in [0.3, 0.4) is 0 Å². The van der Waals surface area contributed by atoms with Gasteiger partial charge in [-0.1, -0.05) is 24.6 Å². The molecular weight excluding hydrogens is 304 g/mol. The van der Waals surface area contributed by atoms with Crippen molar-refractivity contribution < 1.29 is 14.6 Å². The van der Waals surface area contributed by atoms with Crippen LogP contribution in [0.5, 0.6) is 5.75 Å². The molecule has 1 atom stereocenters. The third-order valence-electron chi connectivity index (χ3n) is 4.05. The predicted molar refractivity (Wildman–Crippen MR) is 86.7 cm³/mol. The van der Waals surface area contributed by atoms with E-state index in [0.717, 1.165) is 26.1 Å². The SMILES string of the molecule is CCCN1CCN(C(C(=O)O)c2c(Cl)cccc2OC)CC1. The van der Waals surface area contributed by atoms with Crippen molar-refractivity contribution in [2.75, 3.05) is 39.8 Å². The van der Waals surface area contributed by atoms with Gasteiger partial charge < -0.3 is 14.7 Å². The van der Waals surface area contributed by atoms with Crippen molar-refractivity contribution in [2.45, 2.75) is 19.4 Å². The van der Waals surface area contributed by atoms with Crippen LogP contribution in [0.4, 0.5) is 0 Å². The monoisotopic (exact) mass is 326 g/mol. The number of hydrogen-bond donors (Lipinski definition) is 1. The molecule has 1 unspecified atom stereocenters. The lowest BCUT2D eigenvalue weighted by Gasteiger charge is -2.38. The number of carboxylic acid groups (broad SMARTS) is 1. The number of carboxylic acids is 1. The maximum atomic E-state index is 11.9. The highest BCUT2D eigenvalue weighted by atomic mass is 35.5. The van der Waals surface area contributed by atoms with Crippen LogP contribution in [0.25, 0.3) is 0 Å². The van der Waals surface area contributed by atoms with Gasteiger partial charge in [0.05, 0.1) is 7.11 Å². The van der Waals surface area contributed by atoms with Crippen molar-refractivity contribution in [2.24, 2.45) is 0 Å². The van der Waals surface area contributed by atoms with Crippen molar-refractivity contribution >= 4 is 17.6 Å². The lowest BCUT2D eigenvalue weighted by atomic mass is 10.0. The highest BCUT2D eigenvalue weighted by Crippen LogP contribution is 2.36. The van der Waals surface area contributed by atoms with Crippen LogP contribution in [-0.4, -0.2) is 60.7 Å². The van der Waals surface area contributed by atoms with E-state index in [9.17, 15) is 9.90 Å². The maximum absolute atomic E-state index is 11.9. The first-order chi connectivity index (χ1) is 10.6. The van der Waals surface area contributed by atoms with E-state index in [2.05, 4.69) is 11.8 Å². The summed E-state index contributed by atoms with van der Waals surface area (Å²) in [5.41, 5.74) is 0.545. The molecule has 0 radical (unpaired) electrons. The summed E-state index contributed by atoms with van der Waals surface area (Å²) < 4.78 is 5.32. The topological polar surface area (TPSA) is 53.0 Å². The summed E-state index contributed by atoms with van der Waals surface area (Å²) in [5, 5.41) is 10.2. The quantitative estimate of drug-likeness (QED) is 0.870. The molecule has 1 aromatic rings. The molecule has 0 spiro atoms. The molecule has 6 heteroatoms. The zero-order valence-electron chi connectivity index (χ0n) is 13.1. The van der Waals surface area contributed by atoms with Crippen molar-refractivity contribution in [3.05, 3.63) is 28.8 Å². The summed E-state index contributed by atoms with van der Waals surface area (Å²) >= 11 is 6.26. The molecule has 22 heavy (non-hydrogen) atoms. The van der Waals surface area contributed by atoms with E-state index in [1.807, 2.05) is 4.90 Å². The molecule has 1 saturated heterocycles. The van der Waals surface area contributed by atoms with Crippen molar-refractivity contribution in [3.63, 3.8) is 0 Å². The Morgan fingerprint density at radius 1 is 1.36 bits per heavy atom. The Morgan fingerprint density at radius 3 is 2.59 bits per heavy atom. The minimum absolute atomic E-state index is 0.433. The molecular formula is C16H23ClN2O3. The average molecular weight is 327 g/mol. The molecule has 1 N–H and O–H groups in total. The van der Waals surface area contributed by atoms with Gasteiger partial charge in [0.1, 0.15) is 11.8 Å². The van der Waals surface area contributed by atoms with Gasteiger partial charge in [-0.3, -0.25) is 9.69 Å². The summed E-state index contributed by atoms with van der Waals surface area (Å²) in [6.07, 6.45) is 1.11. The van der Waals surface area contributed by atoms with Crippen molar-refractivity contribution in [1.82, 2.24) is 9.80 Å². The third kappa shape index (κ3) is 3.72. The first kappa shape index (κ1) is 17.1. The number of piperazine rings is 1. The lowest BCUT2D eigenvalue weighted by molar-refractivity contribution is -0.144. The van der Waals surface area contributed by atoms with E-state index in [1.165, 1.54) is 7.11 Å². The van der Waals surface area contributed by atoms with E-state index in [0.29, 0.717) is 29.4 Å². The maximum Gasteiger partial charge on any atom is 0.325 e. The van der Waals surface area contributed by atoms with Crippen LogP contribution in [0.15, 0.2) is 18.2 Å². The van der Waals surface area contributed by atoms with Crippen LogP contribution in [0.2, 0.25) is 5.02 Å². The number of benzene rings is 1. The average Bonchev–Trinajstić information content (AvgIpc) is 2.50. The summed E-state index contributed by atoms with van der Waals surface area (Å²) in [6.45, 7) is 6.40. The Labute approximate surface area is 136 Å². The van der Waals surface area contributed by atoms with E-state index in [1.54, 1.807) is 18.2 Å². The van der Waals surface area contributed by atoms with Gasteiger partial charge in [-0.05, 0) is 25.1 Å². The smallest absolute Gasteiger partial charge is 0.325 e. The number of rotatable bonds is 6. The molecule has 1 fully saturated rings. The minimum Gasteiger partial charge on any atom is -0.496 e. The second-order valence-electron chi connectivity index (χ2n) is 5.47. The number of ether oxygens (including phenoxy) is 1. The number of aliphatic carboxylic acids is 1. The fourth-order valence-corrected chi connectivity index (χ4v) is 3.25. The fourth-order valence-electron chi connectivity index (χ4n) is 2.98. The van der Waals surface area contributed by atoms with Gasteiger partial charge in [-0.2, -0.15) is 0 Å². The van der Waals surface area contributed by atoms with E-state index in [-0.39, 0.29) is 0 Å². The molecule has 2 rings (SSSR count). The second kappa shape index (κ2) is 7.81. The number of methoxy groups -OCH3 is 1. The third-order valence-corrected chi connectivity index (χ3v) is 4.38. The summed E-state index contributed by atoms with van der Waals surface area (Å²) in [6, 6.07) is 4.46. The van der Waals surface area contributed by atoms with Gasteiger partial charge in [0.25, 0.3) is 0 Å². The Balaban J connectivity index is 2.24.